The van der Waals surface area contributed by atoms with Crippen LogP contribution in [-0.4, -0.2) is 70.2 Å². The summed E-state index contributed by atoms with van der Waals surface area (Å²) in [6.45, 7) is 10.7. The molecule has 0 bridgehead atoms. The van der Waals surface area contributed by atoms with Gasteiger partial charge in [-0.15, -0.1) is 0 Å². The van der Waals surface area contributed by atoms with E-state index in [0.29, 0.717) is 31.5 Å². The van der Waals surface area contributed by atoms with Crippen molar-refractivity contribution in [2.45, 2.75) is 103 Å². The van der Waals surface area contributed by atoms with Gasteiger partial charge in [0.2, 0.25) is 0 Å². The van der Waals surface area contributed by atoms with Gasteiger partial charge in [-0.3, -0.25) is 0 Å². The number of hydrogen-bond acceptors (Lipinski definition) is 7. The molecule has 0 aromatic rings. The van der Waals surface area contributed by atoms with Gasteiger partial charge in [-0.25, -0.2) is 4.79 Å². The Morgan fingerprint density at radius 2 is 1.55 bits per heavy atom. The Morgan fingerprint density at radius 3 is 2.06 bits per heavy atom. The van der Waals surface area contributed by atoms with Crippen molar-refractivity contribution in [3.63, 3.8) is 0 Å². The standard InChI is InChI=1S/C9H16O.C8H14O4.C7H14O2/c1-2-3-7-4-5-8-9(6-7)10-8;1-2-3-4-10-5-7-6-11-8(9)12-7;1-2-3-4-8-5-7-6-9-7/h7-9H,2-6H2,1H3;7H,2-6H2,1H3;7H,2-6H2,1H3. The maximum absolute atomic E-state index is 10.4. The maximum Gasteiger partial charge on any atom is 0.508 e. The topological polar surface area (TPSA) is 79.0 Å². The Balaban J connectivity index is 0.000000167. The van der Waals surface area contributed by atoms with E-state index in [1.807, 2.05) is 0 Å². The highest BCUT2D eigenvalue weighted by Gasteiger charge is 2.43. The van der Waals surface area contributed by atoms with Crippen molar-refractivity contribution in [3.8, 4) is 0 Å². The van der Waals surface area contributed by atoms with Crippen molar-refractivity contribution in [1.82, 2.24) is 0 Å². The van der Waals surface area contributed by atoms with Crippen LogP contribution in [-0.2, 0) is 28.4 Å². The van der Waals surface area contributed by atoms with Crippen molar-refractivity contribution in [2.75, 3.05) is 39.6 Å². The number of hydrogen-bond donors (Lipinski definition) is 0. The molecule has 4 aliphatic rings. The van der Waals surface area contributed by atoms with Crippen LogP contribution in [0.1, 0.15) is 78.6 Å². The number of rotatable bonds is 12. The van der Waals surface area contributed by atoms with E-state index in [-0.39, 0.29) is 6.10 Å². The number of epoxide rings is 2. The molecule has 3 saturated heterocycles. The second-order valence-electron chi connectivity index (χ2n) is 8.79. The molecule has 0 aromatic carbocycles. The van der Waals surface area contributed by atoms with Gasteiger partial charge in [0.05, 0.1) is 32.0 Å². The molecule has 182 valence electrons. The largest absolute Gasteiger partial charge is 0.508 e. The van der Waals surface area contributed by atoms with Gasteiger partial charge in [-0.05, 0) is 38.0 Å². The molecular weight excluding hydrogens is 400 g/mol. The Bertz CT molecular complexity index is 469. The lowest BCUT2D eigenvalue weighted by Crippen LogP contribution is -2.18. The lowest BCUT2D eigenvalue weighted by molar-refractivity contribution is 0.0448. The number of cyclic esters (lactones) is 2. The normalized spacial score (nSPS) is 30.0. The zero-order valence-corrected chi connectivity index (χ0v) is 19.9. The van der Waals surface area contributed by atoms with E-state index in [9.17, 15) is 4.79 Å². The zero-order valence-electron chi connectivity index (χ0n) is 19.9. The van der Waals surface area contributed by atoms with Crippen LogP contribution in [0, 0.1) is 5.92 Å². The highest BCUT2D eigenvalue weighted by atomic mass is 16.8. The van der Waals surface area contributed by atoms with Crippen LogP contribution in [0.4, 0.5) is 4.79 Å². The third kappa shape index (κ3) is 12.7. The molecule has 4 fully saturated rings. The van der Waals surface area contributed by atoms with Gasteiger partial charge in [0.15, 0.2) is 6.10 Å². The summed E-state index contributed by atoms with van der Waals surface area (Å²) < 4.78 is 30.3. The van der Waals surface area contributed by atoms with Gasteiger partial charge in [-0.1, -0.05) is 46.5 Å². The molecule has 1 saturated carbocycles. The lowest BCUT2D eigenvalue weighted by Gasteiger charge is -2.17. The average molecular weight is 445 g/mol. The third-order valence-electron chi connectivity index (χ3n) is 5.75. The predicted octanol–water partition coefficient (Wildman–Crippen LogP) is 4.89. The first kappa shape index (κ1) is 26.4. The highest BCUT2D eigenvalue weighted by molar-refractivity contribution is 5.61. The maximum atomic E-state index is 10.4. The Morgan fingerprint density at radius 1 is 0.871 bits per heavy atom. The van der Waals surface area contributed by atoms with Crippen LogP contribution in [0.5, 0.6) is 0 Å². The van der Waals surface area contributed by atoms with Crippen LogP contribution in [0.3, 0.4) is 0 Å². The van der Waals surface area contributed by atoms with Gasteiger partial charge in [0, 0.05) is 13.2 Å². The smallest absolute Gasteiger partial charge is 0.430 e. The first-order valence-corrected chi connectivity index (χ1v) is 12.4. The molecule has 31 heavy (non-hydrogen) atoms. The summed E-state index contributed by atoms with van der Waals surface area (Å²) in [7, 11) is 0. The molecule has 3 heterocycles. The predicted molar refractivity (Wildman–Crippen MR) is 118 cm³/mol. The van der Waals surface area contributed by atoms with Crippen LogP contribution in [0.2, 0.25) is 0 Å². The summed E-state index contributed by atoms with van der Waals surface area (Å²) >= 11 is 0. The average Bonchev–Trinajstić information content (AvgIpc) is 3.69. The summed E-state index contributed by atoms with van der Waals surface area (Å²) in [4.78, 5) is 10.4. The number of unbranched alkanes of at least 4 members (excludes halogenated alkanes) is 2. The van der Waals surface area contributed by atoms with Crippen LogP contribution >= 0.6 is 0 Å². The van der Waals surface area contributed by atoms with Crippen LogP contribution in [0.15, 0.2) is 0 Å². The summed E-state index contributed by atoms with van der Waals surface area (Å²) in [6.07, 6.45) is 12.5. The number of ether oxygens (including phenoxy) is 6. The third-order valence-corrected chi connectivity index (χ3v) is 5.75. The molecule has 0 spiro atoms. The zero-order chi connectivity index (χ0) is 22.3. The molecule has 5 unspecified atom stereocenters. The van der Waals surface area contributed by atoms with Gasteiger partial charge in [0.25, 0.3) is 0 Å². The molecule has 0 radical (unpaired) electrons. The van der Waals surface area contributed by atoms with E-state index >= 15 is 0 Å². The minimum Gasteiger partial charge on any atom is -0.430 e. The monoisotopic (exact) mass is 444 g/mol. The molecule has 0 aromatic heterocycles. The fourth-order valence-electron chi connectivity index (χ4n) is 3.69. The van der Waals surface area contributed by atoms with Crippen molar-refractivity contribution < 1.29 is 33.2 Å². The first-order valence-electron chi connectivity index (χ1n) is 12.4. The molecule has 4 rings (SSSR count). The minimum absolute atomic E-state index is 0.200. The second kappa shape index (κ2) is 15.8. The minimum atomic E-state index is -0.584. The van der Waals surface area contributed by atoms with Gasteiger partial charge in [-0.2, -0.15) is 0 Å². The van der Waals surface area contributed by atoms with E-state index in [0.717, 1.165) is 45.2 Å². The van der Waals surface area contributed by atoms with Crippen molar-refractivity contribution in [3.05, 3.63) is 0 Å². The number of fused-ring (bicyclic) bond motifs is 1. The van der Waals surface area contributed by atoms with E-state index in [1.54, 1.807) is 0 Å². The fourth-order valence-corrected chi connectivity index (χ4v) is 3.69. The fraction of sp³-hybridized carbons (Fsp3) is 0.958. The SMILES string of the molecule is CCCC1CCC2OC2C1.CCCCOCC1CO1.CCCCOCC1COC(=O)O1. The summed E-state index contributed by atoms with van der Waals surface area (Å²) in [5.74, 6) is 0.994. The summed E-state index contributed by atoms with van der Waals surface area (Å²) in [5, 5.41) is 0. The van der Waals surface area contributed by atoms with Crippen molar-refractivity contribution >= 4 is 6.16 Å². The molecule has 7 heteroatoms. The van der Waals surface area contributed by atoms with Crippen LogP contribution < -0.4 is 0 Å². The van der Waals surface area contributed by atoms with Crippen LogP contribution in [0.25, 0.3) is 0 Å². The molecular formula is C24H44O7. The number of carbonyl (C=O) groups is 1. The van der Waals surface area contributed by atoms with Gasteiger partial charge < -0.3 is 28.4 Å². The summed E-state index contributed by atoms with van der Waals surface area (Å²) in [5.41, 5.74) is 0. The van der Waals surface area contributed by atoms with Gasteiger partial charge in [0.1, 0.15) is 12.7 Å². The molecule has 0 N–H and O–H groups in total. The quantitative estimate of drug-likeness (QED) is 0.241. The lowest BCUT2D eigenvalue weighted by atomic mass is 9.86. The van der Waals surface area contributed by atoms with E-state index < -0.39 is 6.16 Å². The number of carbonyl (C=O) groups excluding carboxylic acids is 1. The molecule has 7 nitrogen and oxygen atoms in total. The molecule has 1 aliphatic carbocycles. The Labute approximate surface area is 188 Å². The second-order valence-corrected chi connectivity index (χ2v) is 8.79. The summed E-state index contributed by atoms with van der Waals surface area (Å²) in [6, 6.07) is 0. The molecule has 5 atom stereocenters. The highest BCUT2D eigenvalue weighted by Crippen LogP contribution is 2.40. The Kier molecular flexibility index (Phi) is 13.5. The van der Waals surface area contributed by atoms with Crippen molar-refractivity contribution in [2.24, 2.45) is 5.92 Å². The van der Waals surface area contributed by atoms with Crippen molar-refractivity contribution in [1.29, 1.82) is 0 Å². The molecule has 0 amide bonds. The van der Waals surface area contributed by atoms with E-state index in [1.165, 1.54) is 44.9 Å². The van der Waals surface area contributed by atoms with E-state index in [4.69, 9.17) is 23.7 Å². The van der Waals surface area contributed by atoms with Gasteiger partial charge >= 0.3 is 6.16 Å². The molecule has 3 aliphatic heterocycles. The Hall–Kier alpha value is -0.890. The van der Waals surface area contributed by atoms with E-state index in [2.05, 4.69) is 25.5 Å². The first-order chi connectivity index (χ1) is 15.2.